The van der Waals surface area contributed by atoms with Crippen molar-refractivity contribution in [3.63, 3.8) is 0 Å². The Labute approximate surface area is 294 Å². The van der Waals surface area contributed by atoms with Gasteiger partial charge in [-0.15, -0.1) is 0 Å². The van der Waals surface area contributed by atoms with Crippen LogP contribution in [0.4, 0.5) is 5.69 Å². The van der Waals surface area contributed by atoms with Gasteiger partial charge in [-0.25, -0.2) is 4.85 Å². The number of aromatic nitrogens is 1. The SMILES string of the molecule is [C-]#[N+]c1cc(-n2c3ccccc3c3cc(C#N)ccc32)ccc1-c1ccc(-c2c3ccccc3c(-c3ccccc3)c3ccccc23)cc1C#N. The first kappa shape index (κ1) is 29.7. The van der Waals surface area contributed by atoms with Gasteiger partial charge in [0.15, 0.2) is 5.69 Å². The van der Waals surface area contributed by atoms with E-state index >= 15 is 0 Å². The Bertz CT molecular complexity index is 2940. The van der Waals surface area contributed by atoms with Gasteiger partial charge in [0, 0.05) is 16.5 Å². The van der Waals surface area contributed by atoms with Crippen molar-refractivity contribution in [1.29, 1.82) is 10.5 Å². The van der Waals surface area contributed by atoms with Crippen LogP contribution in [0.25, 0.3) is 87.3 Å². The van der Waals surface area contributed by atoms with Gasteiger partial charge in [0.25, 0.3) is 0 Å². The second-order valence-electron chi connectivity index (χ2n) is 12.6. The highest BCUT2D eigenvalue weighted by Gasteiger charge is 2.19. The fraction of sp³-hybridized carbons (Fsp3) is 0. The van der Waals surface area contributed by atoms with Gasteiger partial charge >= 0.3 is 0 Å². The number of benzene rings is 8. The lowest BCUT2D eigenvalue weighted by Gasteiger charge is -2.18. The van der Waals surface area contributed by atoms with Crippen LogP contribution in [0.15, 0.2) is 158 Å². The van der Waals surface area contributed by atoms with Crippen molar-refractivity contribution in [1.82, 2.24) is 4.57 Å². The first-order valence-corrected chi connectivity index (χ1v) is 16.7. The minimum atomic E-state index is 0.458. The van der Waals surface area contributed by atoms with Gasteiger partial charge in [0.1, 0.15) is 0 Å². The highest BCUT2D eigenvalue weighted by Crippen LogP contribution is 2.45. The van der Waals surface area contributed by atoms with Crippen LogP contribution < -0.4 is 0 Å². The van der Waals surface area contributed by atoms with Gasteiger partial charge in [0.2, 0.25) is 0 Å². The molecule has 51 heavy (non-hydrogen) atoms. The quantitative estimate of drug-likeness (QED) is 0.141. The molecule has 0 fully saturated rings. The molecule has 1 aromatic heterocycles. The average Bonchev–Trinajstić information content (AvgIpc) is 3.53. The van der Waals surface area contributed by atoms with Gasteiger partial charge < -0.3 is 4.57 Å². The molecule has 0 bridgehead atoms. The van der Waals surface area contributed by atoms with Crippen molar-refractivity contribution in [3.8, 4) is 51.2 Å². The first-order valence-electron chi connectivity index (χ1n) is 16.7. The predicted molar refractivity (Wildman–Crippen MR) is 208 cm³/mol. The number of hydrogen-bond acceptors (Lipinski definition) is 2. The van der Waals surface area contributed by atoms with Crippen molar-refractivity contribution in [3.05, 3.63) is 180 Å². The Hall–Kier alpha value is -7.45. The molecule has 0 unspecified atom stereocenters. The molecule has 234 valence electrons. The minimum Gasteiger partial charge on any atom is -0.311 e. The van der Waals surface area contributed by atoms with Crippen LogP contribution in [0.2, 0.25) is 0 Å². The lowest BCUT2D eigenvalue weighted by molar-refractivity contribution is 1.18. The predicted octanol–water partition coefficient (Wildman–Crippen LogP) is 12.4. The maximum atomic E-state index is 10.6. The summed E-state index contributed by atoms with van der Waals surface area (Å²) < 4.78 is 2.13. The summed E-state index contributed by atoms with van der Waals surface area (Å²) in [6, 6.07) is 57.9. The molecule has 0 aliphatic heterocycles. The Balaban J connectivity index is 1.22. The summed E-state index contributed by atoms with van der Waals surface area (Å²) in [7, 11) is 0. The molecule has 0 aliphatic carbocycles. The lowest BCUT2D eigenvalue weighted by Crippen LogP contribution is -1.95. The molecule has 0 spiro atoms. The van der Waals surface area contributed by atoms with Crippen molar-refractivity contribution < 1.29 is 0 Å². The highest BCUT2D eigenvalue weighted by atomic mass is 15.0. The van der Waals surface area contributed by atoms with Gasteiger partial charge in [0.05, 0.1) is 40.9 Å². The largest absolute Gasteiger partial charge is 0.311 e. The number of rotatable bonds is 4. The summed E-state index contributed by atoms with van der Waals surface area (Å²) in [6.45, 7) is 8.21. The van der Waals surface area contributed by atoms with E-state index in [0.29, 0.717) is 27.9 Å². The molecule has 0 N–H and O–H groups in total. The van der Waals surface area contributed by atoms with E-state index in [2.05, 4.69) is 113 Å². The number of nitriles is 2. The van der Waals surface area contributed by atoms with Crippen LogP contribution in [-0.4, -0.2) is 4.57 Å². The average molecular weight is 647 g/mol. The van der Waals surface area contributed by atoms with E-state index < -0.39 is 0 Å². The summed E-state index contributed by atoms with van der Waals surface area (Å²) in [4.78, 5) is 3.97. The molecule has 9 aromatic rings. The van der Waals surface area contributed by atoms with Crippen LogP contribution in [0.3, 0.4) is 0 Å². The third-order valence-electron chi connectivity index (χ3n) is 9.87. The van der Waals surface area contributed by atoms with Crippen molar-refractivity contribution in [2.75, 3.05) is 0 Å². The molecule has 0 atom stereocenters. The zero-order chi connectivity index (χ0) is 34.5. The normalized spacial score (nSPS) is 11.1. The number of hydrogen-bond donors (Lipinski definition) is 0. The van der Waals surface area contributed by atoms with E-state index in [0.717, 1.165) is 65.7 Å². The molecule has 0 amide bonds. The smallest absolute Gasteiger partial charge is 0.197 e. The number of nitrogens with zero attached hydrogens (tertiary/aromatic N) is 4. The molecular formula is C47H26N4. The Morgan fingerprint density at radius 3 is 1.71 bits per heavy atom. The second kappa shape index (κ2) is 11.9. The number of fused-ring (bicyclic) bond motifs is 5. The maximum absolute atomic E-state index is 10.6. The molecule has 9 rings (SSSR count). The highest BCUT2D eigenvalue weighted by molar-refractivity contribution is 6.21. The Kier molecular flexibility index (Phi) is 6.93. The van der Waals surface area contributed by atoms with Crippen LogP contribution >= 0.6 is 0 Å². The van der Waals surface area contributed by atoms with Crippen molar-refractivity contribution in [2.24, 2.45) is 0 Å². The molecule has 0 aliphatic rings. The molecule has 0 saturated heterocycles. The van der Waals surface area contributed by atoms with E-state index in [4.69, 9.17) is 6.57 Å². The molecule has 8 aromatic carbocycles. The second-order valence-corrected chi connectivity index (χ2v) is 12.6. The van der Waals surface area contributed by atoms with E-state index in [-0.39, 0.29) is 0 Å². The molecule has 4 nitrogen and oxygen atoms in total. The van der Waals surface area contributed by atoms with Crippen LogP contribution in [0.5, 0.6) is 0 Å². The number of para-hydroxylation sites is 1. The molecular weight excluding hydrogens is 621 g/mol. The van der Waals surface area contributed by atoms with Gasteiger partial charge in [-0.1, -0.05) is 115 Å². The topological polar surface area (TPSA) is 56.9 Å². The Morgan fingerprint density at radius 1 is 0.471 bits per heavy atom. The van der Waals surface area contributed by atoms with Gasteiger partial charge in [-0.05, 0) is 97.4 Å². The maximum Gasteiger partial charge on any atom is 0.197 e. The Morgan fingerprint density at radius 2 is 1.06 bits per heavy atom. The van der Waals surface area contributed by atoms with Crippen LogP contribution in [0, 0.1) is 29.2 Å². The summed E-state index contributed by atoms with van der Waals surface area (Å²) >= 11 is 0. The fourth-order valence-corrected chi connectivity index (χ4v) is 7.68. The summed E-state index contributed by atoms with van der Waals surface area (Å²) in [5, 5.41) is 26.7. The monoisotopic (exact) mass is 646 g/mol. The standard InChI is InChI=1S/C47H26N4/c1-50-43-27-34(51-44-18-10-9-13-37(44)42-25-30(28-48)19-24-45(42)51)21-23-36(43)35-22-20-32(26-33(35)29-49)47-40-16-7-5-14-38(40)46(31-11-3-2-4-12-31)39-15-6-8-17-41(39)47/h2-27H. The van der Waals surface area contributed by atoms with Crippen LogP contribution in [-0.2, 0) is 0 Å². The molecule has 0 radical (unpaired) electrons. The summed E-state index contributed by atoms with van der Waals surface area (Å²) in [6.07, 6.45) is 0. The first-order chi connectivity index (χ1) is 25.2. The fourth-order valence-electron chi connectivity index (χ4n) is 7.68. The summed E-state index contributed by atoms with van der Waals surface area (Å²) in [5.41, 5.74) is 10.2. The third-order valence-corrected chi connectivity index (χ3v) is 9.87. The van der Waals surface area contributed by atoms with Gasteiger partial charge in [-0.3, -0.25) is 0 Å². The van der Waals surface area contributed by atoms with Crippen molar-refractivity contribution >= 4 is 49.0 Å². The van der Waals surface area contributed by atoms with E-state index in [1.54, 1.807) is 0 Å². The van der Waals surface area contributed by atoms with E-state index in [9.17, 15) is 10.5 Å². The summed E-state index contributed by atoms with van der Waals surface area (Å²) in [5.74, 6) is 0. The lowest BCUT2D eigenvalue weighted by atomic mass is 9.85. The molecule has 4 heteroatoms. The molecule has 0 saturated carbocycles. The molecule has 1 heterocycles. The van der Waals surface area contributed by atoms with Crippen molar-refractivity contribution in [2.45, 2.75) is 0 Å². The van der Waals surface area contributed by atoms with E-state index in [1.165, 1.54) is 5.56 Å². The van der Waals surface area contributed by atoms with Crippen LogP contribution in [0.1, 0.15) is 11.1 Å². The van der Waals surface area contributed by atoms with E-state index in [1.807, 2.05) is 66.7 Å². The minimum absolute atomic E-state index is 0.458. The zero-order valence-corrected chi connectivity index (χ0v) is 27.3. The van der Waals surface area contributed by atoms with Gasteiger partial charge in [-0.2, -0.15) is 10.5 Å². The third kappa shape index (κ3) is 4.66. The zero-order valence-electron chi connectivity index (χ0n) is 27.3.